The molecule has 2 aromatic carbocycles. The Morgan fingerprint density at radius 3 is 2.22 bits per heavy atom. The summed E-state index contributed by atoms with van der Waals surface area (Å²) in [6, 6.07) is 15.6. The molecular weight excluding hydrogens is 288 g/mol. The third kappa shape index (κ3) is 2.75. The van der Waals surface area contributed by atoms with E-state index in [1.165, 1.54) is 5.57 Å². The lowest BCUT2D eigenvalue weighted by atomic mass is 10.1. The van der Waals surface area contributed by atoms with E-state index in [1.54, 1.807) is 0 Å². The van der Waals surface area contributed by atoms with Crippen molar-refractivity contribution in [1.82, 2.24) is 9.97 Å². The standard InChI is InChI=1S/C19H16N2O2/c1-2-13(11-18-20-14-7-3-5-9-16(14)22-18)12-19-21-15-8-4-6-10-17(15)23-19/h3-11H,2,12H2,1H3. The molecule has 114 valence electrons. The van der Waals surface area contributed by atoms with Crippen LogP contribution >= 0.6 is 0 Å². The van der Waals surface area contributed by atoms with Crippen LogP contribution in [0.25, 0.3) is 28.3 Å². The van der Waals surface area contributed by atoms with Crippen LogP contribution < -0.4 is 0 Å². The summed E-state index contributed by atoms with van der Waals surface area (Å²) in [6.07, 6.45) is 3.52. The van der Waals surface area contributed by atoms with Crippen LogP contribution in [0.1, 0.15) is 25.1 Å². The van der Waals surface area contributed by atoms with Gasteiger partial charge in [0.1, 0.15) is 11.0 Å². The van der Waals surface area contributed by atoms with Crippen molar-refractivity contribution in [2.45, 2.75) is 19.8 Å². The molecule has 2 heterocycles. The van der Waals surface area contributed by atoms with Gasteiger partial charge in [0.15, 0.2) is 17.1 Å². The smallest absolute Gasteiger partial charge is 0.219 e. The Hall–Kier alpha value is -2.88. The highest BCUT2D eigenvalue weighted by molar-refractivity contribution is 5.74. The fraction of sp³-hybridized carbons (Fsp3) is 0.158. The monoisotopic (exact) mass is 304 g/mol. The lowest BCUT2D eigenvalue weighted by molar-refractivity contribution is 0.540. The molecular formula is C19H16N2O2. The second-order valence-corrected chi connectivity index (χ2v) is 5.43. The van der Waals surface area contributed by atoms with Crippen LogP contribution in [0, 0.1) is 0 Å². The predicted octanol–water partition coefficient (Wildman–Crippen LogP) is 5.01. The Bertz CT molecular complexity index is 929. The molecule has 2 aromatic heterocycles. The van der Waals surface area contributed by atoms with Crippen LogP contribution in [-0.4, -0.2) is 9.97 Å². The van der Waals surface area contributed by atoms with Gasteiger partial charge >= 0.3 is 0 Å². The molecule has 0 amide bonds. The Morgan fingerprint density at radius 1 is 0.913 bits per heavy atom. The zero-order valence-corrected chi connectivity index (χ0v) is 12.8. The van der Waals surface area contributed by atoms with Crippen molar-refractivity contribution in [1.29, 1.82) is 0 Å². The lowest BCUT2D eigenvalue weighted by Gasteiger charge is -1.99. The number of benzene rings is 2. The molecule has 0 unspecified atom stereocenters. The summed E-state index contributed by atoms with van der Waals surface area (Å²) in [5.74, 6) is 1.34. The van der Waals surface area contributed by atoms with E-state index in [0.717, 1.165) is 34.5 Å². The SMILES string of the molecule is CCC(=Cc1nc2ccccc2o1)Cc1nc2ccccc2o1. The molecule has 0 radical (unpaired) electrons. The summed E-state index contributed by atoms with van der Waals surface area (Å²) < 4.78 is 11.6. The van der Waals surface area contributed by atoms with Gasteiger partial charge in [-0.3, -0.25) is 0 Å². The number of para-hydroxylation sites is 4. The van der Waals surface area contributed by atoms with Gasteiger partial charge in [-0.15, -0.1) is 0 Å². The summed E-state index contributed by atoms with van der Waals surface area (Å²) in [5.41, 5.74) is 4.55. The maximum absolute atomic E-state index is 5.79. The molecule has 0 aliphatic carbocycles. The quantitative estimate of drug-likeness (QED) is 0.532. The van der Waals surface area contributed by atoms with Gasteiger partial charge in [0.2, 0.25) is 5.89 Å². The Morgan fingerprint density at radius 2 is 1.57 bits per heavy atom. The van der Waals surface area contributed by atoms with Crippen molar-refractivity contribution >= 4 is 28.3 Å². The maximum Gasteiger partial charge on any atom is 0.219 e. The van der Waals surface area contributed by atoms with E-state index < -0.39 is 0 Å². The molecule has 0 saturated heterocycles. The number of rotatable bonds is 4. The zero-order chi connectivity index (χ0) is 15.6. The topological polar surface area (TPSA) is 52.1 Å². The fourth-order valence-corrected chi connectivity index (χ4v) is 2.59. The van der Waals surface area contributed by atoms with Gasteiger partial charge in [0.25, 0.3) is 0 Å². The molecule has 4 aromatic rings. The molecule has 4 heteroatoms. The van der Waals surface area contributed by atoms with Crippen molar-refractivity contribution in [2.75, 3.05) is 0 Å². The van der Waals surface area contributed by atoms with Crippen molar-refractivity contribution in [2.24, 2.45) is 0 Å². The average Bonchev–Trinajstić information content (AvgIpc) is 3.16. The van der Waals surface area contributed by atoms with E-state index in [0.29, 0.717) is 12.3 Å². The molecule has 0 spiro atoms. The van der Waals surface area contributed by atoms with Gasteiger partial charge in [0.05, 0.1) is 0 Å². The summed E-state index contributed by atoms with van der Waals surface area (Å²) >= 11 is 0. The first-order chi connectivity index (χ1) is 11.3. The number of fused-ring (bicyclic) bond motifs is 2. The Labute approximate surface area is 133 Å². The van der Waals surface area contributed by atoms with Gasteiger partial charge in [-0.25, -0.2) is 9.97 Å². The molecule has 0 N–H and O–H groups in total. The molecule has 0 saturated carbocycles. The predicted molar refractivity (Wildman–Crippen MR) is 90.0 cm³/mol. The van der Waals surface area contributed by atoms with Gasteiger partial charge in [-0.2, -0.15) is 0 Å². The minimum atomic E-state index is 0.624. The minimum Gasteiger partial charge on any atom is -0.440 e. The van der Waals surface area contributed by atoms with E-state index in [9.17, 15) is 0 Å². The summed E-state index contributed by atoms with van der Waals surface area (Å²) in [4.78, 5) is 9.02. The van der Waals surface area contributed by atoms with Crippen LogP contribution in [-0.2, 0) is 6.42 Å². The molecule has 4 nitrogen and oxygen atoms in total. The summed E-state index contributed by atoms with van der Waals surface area (Å²) in [5, 5.41) is 0. The second kappa shape index (κ2) is 5.72. The number of hydrogen-bond acceptors (Lipinski definition) is 4. The number of oxazole rings is 2. The third-order valence-electron chi connectivity index (χ3n) is 3.81. The molecule has 4 rings (SSSR count). The van der Waals surface area contributed by atoms with E-state index >= 15 is 0 Å². The summed E-state index contributed by atoms with van der Waals surface area (Å²) in [7, 11) is 0. The van der Waals surface area contributed by atoms with Crippen LogP contribution in [0.3, 0.4) is 0 Å². The highest BCUT2D eigenvalue weighted by atomic mass is 16.4. The molecule has 0 bridgehead atoms. The number of hydrogen-bond donors (Lipinski definition) is 0. The van der Waals surface area contributed by atoms with Gasteiger partial charge < -0.3 is 8.83 Å². The van der Waals surface area contributed by atoms with Gasteiger partial charge in [0, 0.05) is 12.5 Å². The van der Waals surface area contributed by atoms with E-state index in [4.69, 9.17) is 8.83 Å². The van der Waals surface area contributed by atoms with Gasteiger partial charge in [-0.05, 0) is 30.7 Å². The highest BCUT2D eigenvalue weighted by Gasteiger charge is 2.09. The first-order valence-corrected chi connectivity index (χ1v) is 7.71. The van der Waals surface area contributed by atoms with Crippen LogP contribution in [0.5, 0.6) is 0 Å². The van der Waals surface area contributed by atoms with Crippen LogP contribution in [0.15, 0.2) is 62.9 Å². The lowest BCUT2D eigenvalue weighted by Crippen LogP contribution is -1.90. The summed E-state index contributed by atoms with van der Waals surface area (Å²) in [6.45, 7) is 2.11. The fourth-order valence-electron chi connectivity index (χ4n) is 2.59. The van der Waals surface area contributed by atoms with Crippen LogP contribution in [0.2, 0.25) is 0 Å². The van der Waals surface area contributed by atoms with Crippen molar-refractivity contribution < 1.29 is 8.83 Å². The molecule has 0 aliphatic rings. The first kappa shape index (κ1) is 13.8. The Kier molecular flexibility index (Phi) is 3.42. The van der Waals surface area contributed by atoms with E-state index in [1.807, 2.05) is 54.6 Å². The molecule has 0 aliphatic heterocycles. The normalized spacial score (nSPS) is 12.3. The molecule has 23 heavy (non-hydrogen) atoms. The largest absolute Gasteiger partial charge is 0.440 e. The van der Waals surface area contributed by atoms with Gasteiger partial charge in [-0.1, -0.05) is 36.8 Å². The second-order valence-electron chi connectivity index (χ2n) is 5.43. The highest BCUT2D eigenvalue weighted by Crippen LogP contribution is 2.21. The third-order valence-corrected chi connectivity index (χ3v) is 3.81. The Balaban J connectivity index is 1.64. The number of allylic oxidation sites excluding steroid dienone is 1. The maximum atomic E-state index is 5.79. The zero-order valence-electron chi connectivity index (χ0n) is 12.8. The first-order valence-electron chi connectivity index (χ1n) is 7.71. The van der Waals surface area contributed by atoms with Crippen molar-refractivity contribution in [3.05, 3.63) is 65.9 Å². The van der Waals surface area contributed by atoms with Crippen LogP contribution in [0.4, 0.5) is 0 Å². The molecule has 0 atom stereocenters. The van der Waals surface area contributed by atoms with E-state index in [-0.39, 0.29) is 0 Å². The number of aromatic nitrogens is 2. The average molecular weight is 304 g/mol. The van der Waals surface area contributed by atoms with Crippen molar-refractivity contribution in [3.8, 4) is 0 Å². The molecule has 0 fully saturated rings. The number of nitrogens with zero attached hydrogens (tertiary/aromatic N) is 2. The van der Waals surface area contributed by atoms with E-state index in [2.05, 4.69) is 16.9 Å². The van der Waals surface area contributed by atoms with Crippen molar-refractivity contribution in [3.63, 3.8) is 0 Å². The minimum absolute atomic E-state index is 0.624.